The SMILES string of the molecule is CC(C)NNC(=O)COc1ccccc1Cl. The molecule has 88 valence electrons. The molecule has 0 aromatic heterocycles. The van der Waals surface area contributed by atoms with Crippen LogP contribution in [0.1, 0.15) is 13.8 Å². The van der Waals surface area contributed by atoms with Crippen LogP contribution in [0.4, 0.5) is 0 Å². The Morgan fingerprint density at radius 3 is 2.75 bits per heavy atom. The summed E-state index contributed by atoms with van der Waals surface area (Å²) >= 11 is 5.86. The molecule has 0 aliphatic rings. The normalized spacial score (nSPS) is 10.2. The van der Waals surface area contributed by atoms with Crippen molar-refractivity contribution in [1.29, 1.82) is 0 Å². The molecule has 1 aromatic rings. The molecule has 1 amide bonds. The Morgan fingerprint density at radius 1 is 1.44 bits per heavy atom. The first kappa shape index (κ1) is 12.8. The maximum atomic E-state index is 11.3. The second-order valence-electron chi connectivity index (χ2n) is 3.57. The Bertz CT molecular complexity index is 356. The van der Waals surface area contributed by atoms with E-state index in [4.69, 9.17) is 16.3 Å². The van der Waals surface area contributed by atoms with E-state index in [-0.39, 0.29) is 18.6 Å². The number of amides is 1. The van der Waals surface area contributed by atoms with Crippen LogP contribution >= 0.6 is 11.6 Å². The second kappa shape index (κ2) is 6.35. The predicted molar refractivity (Wildman–Crippen MR) is 63.4 cm³/mol. The number of carbonyl (C=O) groups excluding carboxylic acids is 1. The molecule has 16 heavy (non-hydrogen) atoms. The Labute approximate surface area is 99.9 Å². The van der Waals surface area contributed by atoms with E-state index in [0.29, 0.717) is 10.8 Å². The molecular formula is C11H15ClN2O2. The van der Waals surface area contributed by atoms with Gasteiger partial charge in [0, 0.05) is 6.04 Å². The summed E-state index contributed by atoms with van der Waals surface area (Å²) in [5.74, 6) is 0.262. The standard InChI is InChI=1S/C11H15ClN2O2/c1-8(2)13-14-11(15)7-16-10-6-4-3-5-9(10)12/h3-6,8,13H,7H2,1-2H3,(H,14,15). The maximum Gasteiger partial charge on any atom is 0.271 e. The summed E-state index contributed by atoms with van der Waals surface area (Å²) in [5.41, 5.74) is 5.30. The van der Waals surface area contributed by atoms with E-state index in [1.165, 1.54) is 0 Å². The Hall–Kier alpha value is -1.26. The minimum absolute atomic E-state index is 0.0660. The zero-order chi connectivity index (χ0) is 12.0. The molecule has 0 heterocycles. The number of benzene rings is 1. The fourth-order valence-corrected chi connectivity index (χ4v) is 1.16. The van der Waals surface area contributed by atoms with Crippen molar-refractivity contribution in [2.75, 3.05) is 6.61 Å². The highest BCUT2D eigenvalue weighted by Gasteiger charge is 2.04. The van der Waals surface area contributed by atoms with Gasteiger partial charge in [0.1, 0.15) is 5.75 Å². The van der Waals surface area contributed by atoms with Gasteiger partial charge in [0.2, 0.25) is 0 Å². The third kappa shape index (κ3) is 4.51. The zero-order valence-electron chi connectivity index (χ0n) is 9.29. The first-order valence-electron chi connectivity index (χ1n) is 5.01. The zero-order valence-corrected chi connectivity index (χ0v) is 10.0. The monoisotopic (exact) mass is 242 g/mol. The lowest BCUT2D eigenvalue weighted by Gasteiger charge is -2.11. The number of hydrazine groups is 1. The Kier molecular flexibility index (Phi) is 5.08. The summed E-state index contributed by atoms with van der Waals surface area (Å²) < 4.78 is 5.25. The van der Waals surface area contributed by atoms with E-state index in [1.807, 2.05) is 13.8 Å². The van der Waals surface area contributed by atoms with Crippen molar-refractivity contribution in [3.05, 3.63) is 29.3 Å². The molecule has 0 fully saturated rings. The van der Waals surface area contributed by atoms with Crippen molar-refractivity contribution in [3.8, 4) is 5.75 Å². The third-order valence-corrected chi connectivity index (χ3v) is 2.01. The van der Waals surface area contributed by atoms with Crippen LogP contribution in [0.2, 0.25) is 5.02 Å². The minimum Gasteiger partial charge on any atom is -0.482 e. The van der Waals surface area contributed by atoms with Crippen molar-refractivity contribution in [2.45, 2.75) is 19.9 Å². The molecule has 0 aliphatic heterocycles. The van der Waals surface area contributed by atoms with Gasteiger partial charge in [-0.05, 0) is 26.0 Å². The van der Waals surface area contributed by atoms with Gasteiger partial charge >= 0.3 is 0 Å². The number of ether oxygens (including phenoxy) is 1. The molecule has 1 rings (SSSR count). The van der Waals surface area contributed by atoms with E-state index >= 15 is 0 Å². The summed E-state index contributed by atoms with van der Waals surface area (Å²) in [6, 6.07) is 7.21. The number of hydrogen-bond acceptors (Lipinski definition) is 3. The number of nitrogens with one attached hydrogen (secondary N) is 2. The van der Waals surface area contributed by atoms with Gasteiger partial charge in [-0.25, -0.2) is 5.43 Å². The summed E-state index contributed by atoms with van der Waals surface area (Å²) in [5, 5.41) is 0.493. The summed E-state index contributed by atoms with van der Waals surface area (Å²) in [6.07, 6.45) is 0. The van der Waals surface area contributed by atoms with Crippen LogP contribution < -0.4 is 15.6 Å². The van der Waals surface area contributed by atoms with Crippen LogP contribution in [0.5, 0.6) is 5.75 Å². The fraction of sp³-hybridized carbons (Fsp3) is 0.364. The Balaban J connectivity index is 2.35. The lowest BCUT2D eigenvalue weighted by atomic mass is 10.3. The van der Waals surface area contributed by atoms with Gasteiger partial charge < -0.3 is 4.74 Å². The topological polar surface area (TPSA) is 50.4 Å². The molecule has 0 bridgehead atoms. The highest BCUT2D eigenvalue weighted by atomic mass is 35.5. The summed E-state index contributed by atoms with van der Waals surface area (Å²) in [4.78, 5) is 11.3. The molecule has 2 N–H and O–H groups in total. The van der Waals surface area contributed by atoms with Crippen LogP contribution in [-0.2, 0) is 4.79 Å². The number of rotatable bonds is 5. The molecule has 0 radical (unpaired) electrons. The molecule has 0 atom stereocenters. The van der Waals surface area contributed by atoms with Gasteiger partial charge in [0.25, 0.3) is 5.91 Å². The number of para-hydroxylation sites is 1. The minimum atomic E-state index is -0.242. The molecule has 0 saturated heterocycles. The van der Waals surface area contributed by atoms with E-state index in [0.717, 1.165) is 0 Å². The van der Waals surface area contributed by atoms with Crippen molar-refractivity contribution in [2.24, 2.45) is 0 Å². The largest absolute Gasteiger partial charge is 0.482 e. The van der Waals surface area contributed by atoms with E-state index in [1.54, 1.807) is 24.3 Å². The predicted octanol–water partition coefficient (Wildman–Crippen LogP) is 1.75. The summed E-state index contributed by atoms with van der Waals surface area (Å²) in [6.45, 7) is 3.79. The molecule has 4 nitrogen and oxygen atoms in total. The quantitative estimate of drug-likeness (QED) is 0.774. The molecule has 0 saturated carbocycles. The van der Waals surface area contributed by atoms with E-state index < -0.39 is 0 Å². The van der Waals surface area contributed by atoms with Gasteiger partial charge in [-0.2, -0.15) is 0 Å². The van der Waals surface area contributed by atoms with Gasteiger partial charge in [0.05, 0.1) is 5.02 Å². The summed E-state index contributed by atoms with van der Waals surface area (Å²) in [7, 11) is 0. The lowest BCUT2D eigenvalue weighted by Crippen LogP contribution is -2.43. The fourth-order valence-electron chi connectivity index (χ4n) is 0.966. The van der Waals surface area contributed by atoms with Gasteiger partial charge in [-0.3, -0.25) is 10.2 Å². The van der Waals surface area contributed by atoms with Crippen molar-refractivity contribution < 1.29 is 9.53 Å². The Morgan fingerprint density at radius 2 is 2.12 bits per heavy atom. The van der Waals surface area contributed by atoms with Crippen LogP contribution in [0, 0.1) is 0 Å². The molecule has 0 unspecified atom stereocenters. The molecular weight excluding hydrogens is 228 g/mol. The average molecular weight is 243 g/mol. The van der Waals surface area contributed by atoms with Gasteiger partial charge in [-0.15, -0.1) is 0 Å². The van der Waals surface area contributed by atoms with Crippen LogP contribution in [0.3, 0.4) is 0 Å². The van der Waals surface area contributed by atoms with Crippen molar-refractivity contribution >= 4 is 17.5 Å². The average Bonchev–Trinajstić information content (AvgIpc) is 2.25. The highest BCUT2D eigenvalue weighted by molar-refractivity contribution is 6.32. The van der Waals surface area contributed by atoms with Crippen molar-refractivity contribution in [1.82, 2.24) is 10.9 Å². The molecule has 5 heteroatoms. The highest BCUT2D eigenvalue weighted by Crippen LogP contribution is 2.22. The first-order chi connectivity index (χ1) is 7.59. The van der Waals surface area contributed by atoms with E-state index in [2.05, 4.69) is 10.9 Å². The number of hydrogen-bond donors (Lipinski definition) is 2. The third-order valence-electron chi connectivity index (χ3n) is 1.70. The maximum absolute atomic E-state index is 11.3. The molecule has 1 aromatic carbocycles. The molecule has 0 spiro atoms. The molecule has 0 aliphatic carbocycles. The van der Waals surface area contributed by atoms with E-state index in [9.17, 15) is 4.79 Å². The second-order valence-corrected chi connectivity index (χ2v) is 3.97. The van der Waals surface area contributed by atoms with Gasteiger partial charge in [-0.1, -0.05) is 23.7 Å². The van der Waals surface area contributed by atoms with Gasteiger partial charge in [0.15, 0.2) is 6.61 Å². The van der Waals surface area contributed by atoms with Crippen LogP contribution in [0.25, 0.3) is 0 Å². The van der Waals surface area contributed by atoms with Crippen LogP contribution in [-0.4, -0.2) is 18.6 Å². The number of carbonyl (C=O) groups is 1. The first-order valence-corrected chi connectivity index (χ1v) is 5.39. The lowest BCUT2D eigenvalue weighted by molar-refractivity contribution is -0.124. The smallest absolute Gasteiger partial charge is 0.271 e. The van der Waals surface area contributed by atoms with Crippen molar-refractivity contribution in [3.63, 3.8) is 0 Å². The van der Waals surface area contributed by atoms with Crippen LogP contribution in [0.15, 0.2) is 24.3 Å². The number of halogens is 1.